The third-order valence-corrected chi connectivity index (χ3v) is 4.98. The minimum Gasteiger partial charge on any atom is -0.508 e. The van der Waals surface area contributed by atoms with Gasteiger partial charge in [-0.15, -0.1) is 0 Å². The zero-order valence-electron chi connectivity index (χ0n) is 16.6. The summed E-state index contributed by atoms with van der Waals surface area (Å²) in [4.78, 5) is 0. The molecule has 0 aliphatic heterocycles. The van der Waals surface area contributed by atoms with Crippen molar-refractivity contribution in [2.45, 2.75) is 103 Å². The van der Waals surface area contributed by atoms with Crippen LogP contribution in [-0.2, 0) is 0 Å². The maximum Gasteiger partial charge on any atom is 0.115 e. The summed E-state index contributed by atoms with van der Waals surface area (Å²) < 4.78 is 0. The monoisotopic (exact) mass is 347 g/mol. The van der Waals surface area contributed by atoms with Crippen LogP contribution in [0.4, 0.5) is 5.69 Å². The van der Waals surface area contributed by atoms with Crippen LogP contribution in [0.1, 0.15) is 103 Å². The first-order valence-corrected chi connectivity index (χ1v) is 10.9. The van der Waals surface area contributed by atoms with Crippen LogP contribution in [0.2, 0.25) is 0 Å². The van der Waals surface area contributed by atoms with Gasteiger partial charge in [0.05, 0.1) is 0 Å². The standard InChI is InChI=1S/C23H41NO/c1-2-3-4-5-6-7-8-9-10-11-12-13-14-15-16-21-24-22-17-19-23(25)20-18-22/h17-20,24-25H,2-16,21H2,1H3. The smallest absolute Gasteiger partial charge is 0.115 e. The van der Waals surface area contributed by atoms with Crippen LogP contribution in [0.5, 0.6) is 5.75 Å². The van der Waals surface area contributed by atoms with E-state index in [1.165, 1.54) is 96.3 Å². The second-order valence-corrected chi connectivity index (χ2v) is 7.42. The second kappa shape index (κ2) is 16.3. The van der Waals surface area contributed by atoms with E-state index in [1.807, 2.05) is 12.1 Å². The number of nitrogens with one attached hydrogen (secondary N) is 1. The van der Waals surface area contributed by atoms with Crippen molar-refractivity contribution in [3.8, 4) is 5.75 Å². The van der Waals surface area contributed by atoms with E-state index < -0.39 is 0 Å². The van der Waals surface area contributed by atoms with Gasteiger partial charge < -0.3 is 10.4 Å². The molecule has 0 bridgehead atoms. The highest BCUT2D eigenvalue weighted by molar-refractivity contribution is 5.45. The predicted octanol–water partition coefficient (Wildman–Crippen LogP) is 7.68. The number of phenols is 1. The highest BCUT2D eigenvalue weighted by Gasteiger charge is 1.95. The van der Waals surface area contributed by atoms with E-state index in [9.17, 15) is 5.11 Å². The van der Waals surface area contributed by atoms with Crippen molar-refractivity contribution in [1.82, 2.24) is 0 Å². The molecule has 0 saturated carbocycles. The van der Waals surface area contributed by atoms with Gasteiger partial charge in [0.1, 0.15) is 5.75 Å². The van der Waals surface area contributed by atoms with E-state index in [0.29, 0.717) is 5.75 Å². The Labute approximate surface area is 156 Å². The van der Waals surface area contributed by atoms with E-state index in [-0.39, 0.29) is 0 Å². The fourth-order valence-corrected chi connectivity index (χ4v) is 3.31. The molecule has 1 aromatic carbocycles. The first-order valence-electron chi connectivity index (χ1n) is 10.9. The van der Waals surface area contributed by atoms with Gasteiger partial charge in [-0.05, 0) is 30.7 Å². The Morgan fingerprint density at radius 3 is 1.44 bits per heavy atom. The normalized spacial score (nSPS) is 10.9. The van der Waals surface area contributed by atoms with Gasteiger partial charge >= 0.3 is 0 Å². The topological polar surface area (TPSA) is 32.3 Å². The Balaban J connectivity index is 1.74. The molecule has 1 aromatic rings. The average Bonchev–Trinajstić information content (AvgIpc) is 2.63. The molecular weight excluding hydrogens is 306 g/mol. The zero-order valence-corrected chi connectivity index (χ0v) is 16.6. The van der Waals surface area contributed by atoms with Crippen LogP contribution in [0.15, 0.2) is 24.3 Å². The van der Waals surface area contributed by atoms with Crippen molar-refractivity contribution in [2.24, 2.45) is 0 Å². The number of benzene rings is 1. The van der Waals surface area contributed by atoms with Gasteiger partial charge in [0.2, 0.25) is 0 Å². The zero-order chi connectivity index (χ0) is 18.0. The summed E-state index contributed by atoms with van der Waals surface area (Å²) in [5.74, 6) is 0.331. The maximum atomic E-state index is 9.24. The molecule has 2 nitrogen and oxygen atoms in total. The van der Waals surface area contributed by atoms with Gasteiger partial charge in [0.25, 0.3) is 0 Å². The van der Waals surface area contributed by atoms with E-state index >= 15 is 0 Å². The second-order valence-electron chi connectivity index (χ2n) is 7.42. The molecule has 0 aliphatic rings. The van der Waals surface area contributed by atoms with Gasteiger partial charge in [-0.3, -0.25) is 0 Å². The third-order valence-electron chi connectivity index (χ3n) is 4.98. The summed E-state index contributed by atoms with van der Waals surface area (Å²) in [6, 6.07) is 7.32. The molecule has 0 fully saturated rings. The van der Waals surface area contributed by atoms with Crippen LogP contribution in [-0.4, -0.2) is 11.7 Å². The van der Waals surface area contributed by atoms with Crippen LogP contribution < -0.4 is 5.32 Å². The molecule has 0 heterocycles. The highest BCUT2D eigenvalue weighted by Crippen LogP contribution is 2.15. The minimum atomic E-state index is 0.331. The van der Waals surface area contributed by atoms with Crippen molar-refractivity contribution >= 4 is 5.69 Å². The summed E-state index contributed by atoms with van der Waals surface area (Å²) in [6.07, 6.45) is 21.1. The summed E-state index contributed by atoms with van der Waals surface area (Å²) >= 11 is 0. The molecule has 0 saturated heterocycles. The average molecular weight is 348 g/mol. The number of aromatic hydroxyl groups is 1. The summed E-state index contributed by atoms with van der Waals surface area (Å²) in [5.41, 5.74) is 1.10. The SMILES string of the molecule is CCCCCCCCCCCCCCCCCNc1ccc(O)cc1. The van der Waals surface area contributed by atoms with E-state index in [4.69, 9.17) is 0 Å². The van der Waals surface area contributed by atoms with E-state index in [1.54, 1.807) is 12.1 Å². The fraction of sp³-hybridized carbons (Fsp3) is 0.739. The molecule has 0 radical (unpaired) electrons. The molecule has 2 heteroatoms. The Morgan fingerprint density at radius 1 is 0.600 bits per heavy atom. The molecule has 0 atom stereocenters. The molecule has 0 unspecified atom stereocenters. The summed E-state index contributed by atoms with van der Waals surface area (Å²) in [6.45, 7) is 3.32. The van der Waals surface area contributed by atoms with Crippen LogP contribution in [0.25, 0.3) is 0 Å². The first kappa shape index (κ1) is 21.9. The molecule has 144 valence electrons. The van der Waals surface area contributed by atoms with Gasteiger partial charge in [-0.1, -0.05) is 96.8 Å². The molecule has 0 aromatic heterocycles. The number of rotatable bonds is 17. The van der Waals surface area contributed by atoms with Crippen molar-refractivity contribution in [3.63, 3.8) is 0 Å². The Kier molecular flexibility index (Phi) is 14.3. The van der Waals surface area contributed by atoms with Crippen molar-refractivity contribution in [2.75, 3.05) is 11.9 Å². The maximum absolute atomic E-state index is 9.24. The Morgan fingerprint density at radius 2 is 1.00 bits per heavy atom. The Bertz CT molecular complexity index is 388. The lowest BCUT2D eigenvalue weighted by molar-refractivity contribution is 0.475. The summed E-state index contributed by atoms with van der Waals surface area (Å²) in [7, 11) is 0. The highest BCUT2D eigenvalue weighted by atomic mass is 16.3. The molecule has 2 N–H and O–H groups in total. The first-order chi connectivity index (χ1) is 12.3. The quantitative estimate of drug-likeness (QED) is 0.224. The lowest BCUT2D eigenvalue weighted by Crippen LogP contribution is -2.00. The summed E-state index contributed by atoms with van der Waals surface area (Å²) in [5, 5.41) is 12.6. The lowest BCUT2D eigenvalue weighted by atomic mass is 10.0. The Hall–Kier alpha value is -1.18. The largest absolute Gasteiger partial charge is 0.508 e. The molecule has 0 spiro atoms. The van der Waals surface area contributed by atoms with Crippen LogP contribution in [0, 0.1) is 0 Å². The molecule has 1 rings (SSSR count). The number of unbranched alkanes of at least 4 members (excludes halogenated alkanes) is 14. The predicted molar refractivity (Wildman–Crippen MR) is 112 cm³/mol. The minimum absolute atomic E-state index is 0.331. The van der Waals surface area contributed by atoms with Gasteiger partial charge in [-0.2, -0.15) is 0 Å². The number of phenolic OH excluding ortho intramolecular Hbond substituents is 1. The van der Waals surface area contributed by atoms with Crippen LogP contribution in [0.3, 0.4) is 0 Å². The number of anilines is 1. The van der Waals surface area contributed by atoms with Crippen molar-refractivity contribution in [3.05, 3.63) is 24.3 Å². The molecular formula is C23H41NO. The number of hydrogen-bond donors (Lipinski definition) is 2. The van der Waals surface area contributed by atoms with Crippen molar-refractivity contribution < 1.29 is 5.11 Å². The van der Waals surface area contributed by atoms with E-state index in [0.717, 1.165) is 12.2 Å². The molecule has 0 amide bonds. The van der Waals surface area contributed by atoms with Crippen LogP contribution >= 0.6 is 0 Å². The molecule has 25 heavy (non-hydrogen) atoms. The molecule has 0 aliphatic carbocycles. The number of hydrogen-bond acceptors (Lipinski definition) is 2. The van der Waals surface area contributed by atoms with Gasteiger partial charge in [-0.25, -0.2) is 0 Å². The van der Waals surface area contributed by atoms with E-state index in [2.05, 4.69) is 12.2 Å². The lowest BCUT2D eigenvalue weighted by Gasteiger charge is -2.06. The van der Waals surface area contributed by atoms with Crippen molar-refractivity contribution in [1.29, 1.82) is 0 Å². The third kappa shape index (κ3) is 13.8. The van der Waals surface area contributed by atoms with Gasteiger partial charge in [0.15, 0.2) is 0 Å². The fourth-order valence-electron chi connectivity index (χ4n) is 3.31. The van der Waals surface area contributed by atoms with Gasteiger partial charge in [0, 0.05) is 12.2 Å².